The molecular formula is C11H17Cl2N5. The quantitative estimate of drug-likeness (QED) is 0.912. The number of anilines is 1. The molecule has 1 aromatic heterocycles. The van der Waals surface area contributed by atoms with Crippen LogP contribution in [0.5, 0.6) is 0 Å². The van der Waals surface area contributed by atoms with Crippen molar-refractivity contribution in [2.45, 2.75) is 6.04 Å². The molecule has 1 aromatic rings. The van der Waals surface area contributed by atoms with Crippen LogP contribution in [0.4, 0.5) is 5.69 Å². The van der Waals surface area contributed by atoms with E-state index in [4.69, 9.17) is 23.2 Å². The van der Waals surface area contributed by atoms with Gasteiger partial charge in [-0.15, -0.1) is 10.2 Å². The maximum atomic E-state index is 5.96. The number of nitrogens with one attached hydrogen (secondary N) is 1. The molecule has 0 aromatic carbocycles. The highest BCUT2D eigenvalue weighted by Crippen LogP contribution is 2.21. The van der Waals surface area contributed by atoms with Crippen molar-refractivity contribution >= 4 is 28.9 Å². The summed E-state index contributed by atoms with van der Waals surface area (Å²) in [5.74, 6) is 0. The van der Waals surface area contributed by atoms with Crippen LogP contribution in [0.25, 0.3) is 0 Å². The lowest BCUT2D eigenvalue weighted by molar-refractivity contribution is 0.122. The van der Waals surface area contributed by atoms with E-state index in [1.807, 2.05) is 0 Å². The fraction of sp³-hybridized carbons (Fsp3) is 0.636. The van der Waals surface area contributed by atoms with Gasteiger partial charge >= 0.3 is 0 Å². The zero-order valence-corrected chi connectivity index (χ0v) is 12.0. The summed E-state index contributed by atoms with van der Waals surface area (Å²) in [6, 6.07) is 2.15. The van der Waals surface area contributed by atoms with Gasteiger partial charge in [0.05, 0.1) is 5.69 Å². The molecule has 1 N–H and O–H groups in total. The predicted octanol–water partition coefficient (Wildman–Crippen LogP) is 1.44. The molecule has 1 saturated heterocycles. The summed E-state index contributed by atoms with van der Waals surface area (Å²) in [4.78, 5) is 4.67. The Balaban J connectivity index is 1.96. The molecule has 18 heavy (non-hydrogen) atoms. The van der Waals surface area contributed by atoms with Crippen LogP contribution >= 0.6 is 23.2 Å². The van der Waals surface area contributed by atoms with Crippen LogP contribution < -0.4 is 5.32 Å². The lowest BCUT2D eigenvalue weighted by Gasteiger charge is -2.37. The second-order valence-corrected chi connectivity index (χ2v) is 5.39. The Morgan fingerprint density at radius 3 is 2.89 bits per heavy atom. The van der Waals surface area contributed by atoms with Gasteiger partial charge in [-0.25, -0.2) is 0 Å². The van der Waals surface area contributed by atoms with E-state index in [1.54, 1.807) is 6.07 Å². The molecule has 1 aliphatic heterocycles. The van der Waals surface area contributed by atoms with Crippen molar-refractivity contribution in [1.82, 2.24) is 20.0 Å². The molecule has 0 bridgehead atoms. The largest absolute Gasteiger partial charge is 0.381 e. The monoisotopic (exact) mass is 289 g/mol. The van der Waals surface area contributed by atoms with E-state index in [2.05, 4.69) is 39.4 Å². The summed E-state index contributed by atoms with van der Waals surface area (Å²) >= 11 is 11.8. The Morgan fingerprint density at radius 1 is 1.33 bits per heavy atom. The molecular weight excluding hydrogens is 273 g/mol. The average molecular weight is 290 g/mol. The Kier molecular flexibility index (Phi) is 4.61. The molecule has 2 heterocycles. The van der Waals surface area contributed by atoms with Crippen LogP contribution in [0.2, 0.25) is 10.3 Å². The molecule has 5 nitrogen and oxygen atoms in total. The maximum absolute atomic E-state index is 5.96. The van der Waals surface area contributed by atoms with Gasteiger partial charge in [0, 0.05) is 38.3 Å². The van der Waals surface area contributed by atoms with Crippen LogP contribution in [0.1, 0.15) is 0 Å². The van der Waals surface area contributed by atoms with Crippen molar-refractivity contribution in [3.05, 3.63) is 16.4 Å². The van der Waals surface area contributed by atoms with E-state index in [9.17, 15) is 0 Å². The van der Waals surface area contributed by atoms with Crippen molar-refractivity contribution in [2.24, 2.45) is 0 Å². The minimum atomic E-state index is 0.344. The summed E-state index contributed by atoms with van der Waals surface area (Å²) in [5, 5.41) is 11.4. The summed E-state index contributed by atoms with van der Waals surface area (Å²) in [7, 11) is 4.27. The molecule has 7 heteroatoms. The molecule has 2 rings (SSSR count). The van der Waals surface area contributed by atoms with Gasteiger partial charge in [-0.2, -0.15) is 0 Å². The van der Waals surface area contributed by atoms with Crippen LogP contribution in [-0.4, -0.2) is 66.3 Å². The molecule has 1 unspecified atom stereocenters. The molecule has 0 aliphatic carbocycles. The Labute approximate surface area is 117 Å². The van der Waals surface area contributed by atoms with Crippen molar-refractivity contribution in [1.29, 1.82) is 0 Å². The maximum Gasteiger partial charge on any atom is 0.174 e. The number of piperazine rings is 1. The molecule has 1 aliphatic rings. The molecule has 100 valence electrons. The van der Waals surface area contributed by atoms with Crippen LogP contribution in [0.15, 0.2) is 6.07 Å². The zero-order valence-electron chi connectivity index (χ0n) is 10.5. The first-order valence-electron chi connectivity index (χ1n) is 5.87. The Bertz CT molecular complexity index is 414. The third kappa shape index (κ3) is 3.45. The average Bonchev–Trinajstić information content (AvgIpc) is 2.34. The predicted molar refractivity (Wildman–Crippen MR) is 74.5 cm³/mol. The van der Waals surface area contributed by atoms with Crippen LogP contribution in [-0.2, 0) is 0 Å². The van der Waals surface area contributed by atoms with Crippen molar-refractivity contribution < 1.29 is 0 Å². The van der Waals surface area contributed by atoms with Gasteiger partial charge in [-0.1, -0.05) is 23.2 Å². The zero-order chi connectivity index (χ0) is 13.1. The highest BCUT2D eigenvalue weighted by atomic mass is 35.5. The highest BCUT2D eigenvalue weighted by molar-refractivity contribution is 6.33. The summed E-state index contributed by atoms with van der Waals surface area (Å²) < 4.78 is 0. The minimum Gasteiger partial charge on any atom is -0.381 e. The first-order chi connectivity index (χ1) is 8.56. The molecule has 0 amide bonds. The van der Waals surface area contributed by atoms with E-state index in [1.165, 1.54) is 0 Å². The van der Waals surface area contributed by atoms with Gasteiger partial charge in [0.15, 0.2) is 10.3 Å². The molecule has 0 spiro atoms. The highest BCUT2D eigenvalue weighted by Gasteiger charge is 2.22. The first-order valence-corrected chi connectivity index (χ1v) is 6.63. The minimum absolute atomic E-state index is 0.344. The SMILES string of the molecule is CN1CCN(C)C(CNc2cc(Cl)nnc2Cl)C1. The number of halogens is 2. The third-order valence-corrected chi connectivity index (χ3v) is 3.69. The summed E-state index contributed by atoms with van der Waals surface area (Å²) in [6.07, 6.45) is 0. The Morgan fingerprint density at radius 2 is 2.11 bits per heavy atom. The van der Waals surface area contributed by atoms with Crippen molar-refractivity contribution in [3.63, 3.8) is 0 Å². The number of aromatic nitrogens is 2. The lowest BCUT2D eigenvalue weighted by Crippen LogP contribution is -2.52. The topological polar surface area (TPSA) is 44.3 Å². The summed E-state index contributed by atoms with van der Waals surface area (Å²) in [5.41, 5.74) is 0.735. The number of rotatable bonds is 3. The normalized spacial score (nSPS) is 22.1. The molecule has 1 atom stereocenters. The smallest absolute Gasteiger partial charge is 0.174 e. The Hall–Kier alpha value is -0.620. The number of nitrogens with zero attached hydrogens (tertiary/aromatic N) is 4. The van der Waals surface area contributed by atoms with E-state index in [0.29, 0.717) is 16.3 Å². The van der Waals surface area contributed by atoms with Crippen molar-refractivity contribution in [2.75, 3.05) is 45.6 Å². The van der Waals surface area contributed by atoms with Crippen LogP contribution in [0.3, 0.4) is 0 Å². The van der Waals surface area contributed by atoms with Gasteiger partial charge in [-0.3, -0.25) is 4.90 Å². The van der Waals surface area contributed by atoms with Gasteiger partial charge in [0.1, 0.15) is 0 Å². The summed E-state index contributed by atoms with van der Waals surface area (Å²) in [6.45, 7) is 4.03. The molecule has 0 radical (unpaired) electrons. The van der Waals surface area contributed by atoms with Gasteiger partial charge in [-0.05, 0) is 14.1 Å². The van der Waals surface area contributed by atoms with Crippen molar-refractivity contribution in [3.8, 4) is 0 Å². The number of hydrogen-bond acceptors (Lipinski definition) is 5. The van der Waals surface area contributed by atoms with Gasteiger partial charge < -0.3 is 10.2 Å². The number of likely N-dealkylation sites (N-methyl/N-ethyl adjacent to an activating group) is 2. The van der Waals surface area contributed by atoms with E-state index >= 15 is 0 Å². The fourth-order valence-corrected chi connectivity index (χ4v) is 2.33. The standard InChI is InChI=1S/C11H17Cl2N5/c1-17-3-4-18(2)8(7-17)6-14-9-5-10(12)15-16-11(9)13/h5,8H,3-4,6-7H2,1-2H3,(H,14,15). The van der Waals surface area contributed by atoms with Crippen LogP contribution in [0, 0.1) is 0 Å². The van der Waals surface area contributed by atoms with E-state index in [0.717, 1.165) is 31.9 Å². The fourth-order valence-electron chi connectivity index (χ4n) is 2.03. The van der Waals surface area contributed by atoms with E-state index < -0.39 is 0 Å². The second kappa shape index (κ2) is 6.02. The molecule has 0 saturated carbocycles. The van der Waals surface area contributed by atoms with Gasteiger partial charge in [0.2, 0.25) is 0 Å². The third-order valence-electron chi connectivity index (χ3n) is 3.23. The lowest BCUT2D eigenvalue weighted by atomic mass is 10.2. The van der Waals surface area contributed by atoms with E-state index in [-0.39, 0.29) is 0 Å². The molecule has 1 fully saturated rings. The second-order valence-electron chi connectivity index (χ2n) is 4.65. The van der Waals surface area contributed by atoms with Gasteiger partial charge in [0.25, 0.3) is 0 Å². The first kappa shape index (κ1) is 13.8. The number of hydrogen-bond donors (Lipinski definition) is 1.